The van der Waals surface area contributed by atoms with Gasteiger partial charge in [-0.2, -0.15) is 22.0 Å². The summed E-state index contributed by atoms with van der Waals surface area (Å²) in [6.45, 7) is 0. The Morgan fingerprint density at radius 3 is 1.21 bits per heavy atom. The van der Waals surface area contributed by atoms with E-state index < -0.39 is 24.0 Å². The highest BCUT2D eigenvalue weighted by Crippen LogP contribution is 2.48. The summed E-state index contributed by atoms with van der Waals surface area (Å²) in [6, 6.07) is 33.6. The van der Waals surface area contributed by atoms with Gasteiger partial charge in [0.15, 0.2) is 0 Å². The molecule has 0 radical (unpaired) electrons. The second kappa shape index (κ2) is 10.3. The molecule has 0 spiro atoms. The zero-order valence-corrected chi connectivity index (χ0v) is 24.5. The molecule has 0 unspecified atom stereocenters. The number of halogens is 8. The van der Waals surface area contributed by atoms with Crippen LogP contribution in [0.15, 0.2) is 121 Å². The van der Waals surface area contributed by atoms with Gasteiger partial charge in [0.2, 0.25) is 0 Å². The van der Waals surface area contributed by atoms with Crippen molar-refractivity contribution in [2.75, 3.05) is 0 Å². The van der Waals surface area contributed by atoms with E-state index in [1.165, 1.54) is 12.1 Å². The first-order valence-electron chi connectivity index (χ1n) is 14.8. The predicted octanol–water partition coefficient (Wildman–Crippen LogP) is 12.8. The fourth-order valence-corrected chi connectivity index (χ4v) is 6.90. The summed E-state index contributed by atoms with van der Waals surface area (Å²) < 4.78 is 111. The Bertz CT molecular complexity index is 2410. The van der Waals surface area contributed by atoms with Gasteiger partial charge in [-0.3, -0.25) is 0 Å². The Morgan fingerprint density at radius 1 is 0.417 bits per heavy atom. The van der Waals surface area contributed by atoms with Crippen molar-refractivity contribution in [1.82, 2.24) is 0 Å². The summed E-state index contributed by atoms with van der Waals surface area (Å²) in [5.74, 6) is -5.33. The van der Waals surface area contributed by atoms with Crippen LogP contribution in [0.2, 0.25) is 0 Å². The van der Waals surface area contributed by atoms with Crippen LogP contribution in [0.5, 0.6) is 5.75 Å². The second-order valence-electron chi connectivity index (χ2n) is 11.7. The molecule has 8 aromatic rings. The highest BCUT2D eigenvalue weighted by atomic mass is 19.4. The molecule has 0 aliphatic rings. The van der Waals surface area contributed by atoms with Crippen LogP contribution < -0.4 is 4.74 Å². The number of hydrogen-bond donors (Lipinski definition) is 0. The van der Waals surface area contributed by atoms with E-state index in [-0.39, 0.29) is 16.5 Å². The number of fused-ring (bicyclic) bond motifs is 2. The van der Waals surface area contributed by atoms with Crippen molar-refractivity contribution in [2.45, 2.75) is 18.5 Å². The van der Waals surface area contributed by atoms with Gasteiger partial charge in [-0.15, -0.1) is 13.2 Å². The van der Waals surface area contributed by atoms with Crippen LogP contribution in [0.4, 0.5) is 35.1 Å². The summed E-state index contributed by atoms with van der Waals surface area (Å²) >= 11 is 0. The molecule has 8 aromatic carbocycles. The van der Waals surface area contributed by atoms with E-state index in [1.54, 1.807) is 36.4 Å². The van der Waals surface area contributed by atoms with Crippen LogP contribution >= 0.6 is 0 Å². The predicted molar refractivity (Wildman–Crippen MR) is 173 cm³/mol. The normalized spacial score (nSPS) is 13.0. The Morgan fingerprint density at radius 2 is 0.812 bits per heavy atom. The maximum Gasteiger partial charge on any atom is 0.573 e. The van der Waals surface area contributed by atoms with Crippen LogP contribution in [0, 0.1) is 0 Å². The Labute approximate surface area is 266 Å². The number of alkyl halides is 8. The molecular formula is C39H20F8O. The maximum absolute atomic E-state index is 14.4. The van der Waals surface area contributed by atoms with E-state index in [2.05, 4.69) is 4.74 Å². The van der Waals surface area contributed by atoms with Gasteiger partial charge in [-0.1, -0.05) is 84.9 Å². The van der Waals surface area contributed by atoms with Crippen molar-refractivity contribution in [3.8, 4) is 28.0 Å². The quantitative estimate of drug-likeness (QED) is 0.104. The summed E-state index contributed by atoms with van der Waals surface area (Å²) in [5.41, 5.74) is 2.21. The molecule has 0 fully saturated rings. The van der Waals surface area contributed by atoms with Crippen molar-refractivity contribution in [3.63, 3.8) is 0 Å². The number of ether oxygens (including phenoxy) is 1. The topological polar surface area (TPSA) is 9.23 Å². The molecule has 0 heterocycles. The third-order valence-corrected chi connectivity index (χ3v) is 8.85. The molecule has 0 bridgehead atoms. The first-order valence-corrected chi connectivity index (χ1v) is 14.8. The van der Waals surface area contributed by atoms with Gasteiger partial charge < -0.3 is 4.74 Å². The molecule has 0 saturated heterocycles. The molecule has 0 aliphatic carbocycles. The average molecular weight is 657 g/mol. The monoisotopic (exact) mass is 656 g/mol. The lowest BCUT2D eigenvalue weighted by atomic mass is 9.84. The van der Waals surface area contributed by atoms with Crippen molar-refractivity contribution in [1.29, 1.82) is 0 Å². The van der Waals surface area contributed by atoms with Crippen molar-refractivity contribution in [2.24, 2.45) is 0 Å². The maximum atomic E-state index is 14.4. The Hall–Kier alpha value is -5.44. The van der Waals surface area contributed by atoms with Crippen LogP contribution in [0.3, 0.4) is 0 Å². The van der Waals surface area contributed by atoms with Crippen LogP contribution in [-0.2, 0) is 5.92 Å². The molecule has 48 heavy (non-hydrogen) atoms. The summed E-state index contributed by atoms with van der Waals surface area (Å²) in [4.78, 5) is 0. The zero-order chi connectivity index (χ0) is 33.6. The van der Waals surface area contributed by atoms with Gasteiger partial charge >= 0.3 is 18.5 Å². The standard InChI is InChI=1S/C39H20F8O/c40-37(41,38(42,43)44)27-19-24-11-9-22-17-26(18-23-10-12-25(20-27)34(24)33(22)23)36-31-7-3-1-5-29(31)35(30-6-2-4-8-32(30)36)21-13-15-28(16-14-21)48-39(45,46)47/h1-20H. The van der Waals surface area contributed by atoms with Crippen LogP contribution in [0.1, 0.15) is 5.56 Å². The largest absolute Gasteiger partial charge is 0.573 e. The lowest BCUT2D eigenvalue weighted by Gasteiger charge is -2.22. The molecule has 0 aromatic heterocycles. The highest BCUT2D eigenvalue weighted by molar-refractivity contribution is 6.26. The lowest BCUT2D eigenvalue weighted by molar-refractivity contribution is -0.289. The fraction of sp³-hybridized carbons (Fsp3) is 0.0769. The van der Waals surface area contributed by atoms with Crippen LogP contribution in [0.25, 0.3) is 76.1 Å². The first kappa shape index (κ1) is 29.9. The van der Waals surface area contributed by atoms with Gasteiger partial charge in [-0.25, -0.2) is 0 Å². The summed E-state index contributed by atoms with van der Waals surface area (Å²) in [6.07, 6.45) is -10.5. The minimum Gasteiger partial charge on any atom is -0.406 e. The van der Waals surface area contributed by atoms with E-state index in [1.807, 2.05) is 60.7 Å². The van der Waals surface area contributed by atoms with E-state index in [9.17, 15) is 35.1 Å². The molecule has 238 valence electrons. The third-order valence-electron chi connectivity index (χ3n) is 8.85. The molecule has 0 amide bonds. The molecule has 9 heteroatoms. The SMILES string of the molecule is FC(F)(F)Oc1ccc(-c2c3ccccc3c(-c3cc4ccc5cc(C(F)(F)C(F)(F)F)cc6ccc(c3)c4c56)c3ccccc23)cc1. The third kappa shape index (κ3) is 4.67. The van der Waals surface area contributed by atoms with Crippen molar-refractivity contribution in [3.05, 3.63) is 127 Å². The fourth-order valence-electron chi connectivity index (χ4n) is 6.90. The van der Waals surface area contributed by atoms with Gasteiger partial charge in [0.1, 0.15) is 5.75 Å². The van der Waals surface area contributed by atoms with E-state index in [0.29, 0.717) is 10.9 Å². The molecule has 0 saturated carbocycles. The van der Waals surface area contributed by atoms with Crippen molar-refractivity contribution < 1.29 is 39.9 Å². The smallest absolute Gasteiger partial charge is 0.406 e. The number of benzene rings is 8. The average Bonchev–Trinajstić information content (AvgIpc) is 3.05. The zero-order valence-electron chi connectivity index (χ0n) is 24.5. The summed E-state index contributed by atoms with van der Waals surface area (Å²) in [7, 11) is 0. The molecule has 0 atom stereocenters. The van der Waals surface area contributed by atoms with Gasteiger partial charge in [0, 0.05) is 5.56 Å². The van der Waals surface area contributed by atoms with Gasteiger partial charge in [-0.05, 0) is 113 Å². The molecule has 0 aliphatic heterocycles. The van der Waals surface area contributed by atoms with Crippen molar-refractivity contribution >= 4 is 53.9 Å². The minimum atomic E-state index is -5.73. The van der Waals surface area contributed by atoms with E-state index >= 15 is 0 Å². The number of rotatable bonds is 4. The molecule has 0 N–H and O–H groups in total. The second-order valence-corrected chi connectivity index (χ2v) is 11.7. The number of hydrogen-bond acceptors (Lipinski definition) is 1. The van der Waals surface area contributed by atoms with E-state index in [4.69, 9.17) is 0 Å². The van der Waals surface area contributed by atoms with Crippen LogP contribution in [-0.4, -0.2) is 12.5 Å². The first-order chi connectivity index (χ1) is 22.8. The Balaban J connectivity index is 1.35. The van der Waals surface area contributed by atoms with E-state index in [0.717, 1.165) is 66.5 Å². The lowest BCUT2D eigenvalue weighted by Crippen LogP contribution is -2.33. The highest BCUT2D eigenvalue weighted by Gasteiger charge is 2.58. The minimum absolute atomic E-state index is 0.282. The van der Waals surface area contributed by atoms with Gasteiger partial charge in [0.25, 0.3) is 0 Å². The summed E-state index contributed by atoms with van der Waals surface area (Å²) in [5, 5.41) is 7.03. The Kier molecular flexibility index (Phi) is 6.41. The molecular weight excluding hydrogens is 636 g/mol. The molecule has 1 nitrogen and oxygen atoms in total. The molecule has 8 rings (SSSR count). The van der Waals surface area contributed by atoms with Gasteiger partial charge in [0.05, 0.1) is 0 Å².